The van der Waals surface area contributed by atoms with Crippen LogP contribution in [-0.2, 0) is 9.63 Å². The Bertz CT molecular complexity index is 390. The lowest BCUT2D eigenvalue weighted by Gasteiger charge is -1.94. The maximum absolute atomic E-state index is 10.5. The van der Waals surface area contributed by atoms with Crippen LogP contribution >= 0.6 is 0 Å². The molecule has 0 aromatic heterocycles. The van der Waals surface area contributed by atoms with E-state index < -0.39 is 5.97 Å². The van der Waals surface area contributed by atoms with Crippen molar-refractivity contribution in [2.24, 2.45) is 5.16 Å². The zero-order valence-corrected chi connectivity index (χ0v) is 7.60. The van der Waals surface area contributed by atoms with E-state index in [1.165, 1.54) is 6.92 Å². The molecule has 0 unspecified atom stereocenters. The predicted octanol–water partition coefficient (Wildman–Crippen LogP) is 1.83. The first-order valence-electron chi connectivity index (χ1n) is 3.92. The number of carbonyl (C=O) groups is 1. The highest BCUT2D eigenvalue weighted by molar-refractivity contribution is 6.05. The van der Waals surface area contributed by atoms with Gasteiger partial charge in [0.2, 0.25) is 0 Å². The van der Waals surface area contributed by atoms with E-state index >= 15 is 0 Å². The Hall–Kier alpha value is -2.15. The van der Waals surface area contributed by atoms with Crippen molar-refractivity contribution >= 4 is 11.8 Å². The molecule has 1 rings (SSSR count). The molecule has 1 aromatic carbocycles. The summed E-state index contributed by atoms with van der Waals surface area (Å²) >= 11 is 0. The Morgan fingerprint density at radius 2 is 2.07 bits per heavy atom. The van der Waals surface area contributed by atoms with Crippen LogP contribution in [0.3, 0.4) is 0 Å². The summed E-state index contributed by atoms with van der Waals surface area (Å²) in [7, 11) is 0. The van der Waals surface area contributed by atoms with Crippen LogP contribution in [0.2, 0.25) is 0 Å². The molecule has 0 saturated heterocycles. The van der Waals surface area contributed by atoms with E-state index in [2.05, 4.69) is 14.8 Å². The van der Waals surface area contributed by atoms with Crippen molar-refractivity contribution in [3.05, 3.63) is 47.3 Å². The number of amidine groups is 1. The topological polar surface area (TPSA) is 43.0 Å². The quantitative estimate of drug-likeness (QED) is 0.233. The standard InChI is InChI=1S/C10H8N2O2/c1-8(13)14-12-10(11-2)9-6-4-3-5-7-9/h3-7H,1H3. The summed E-state index contributed by atoms with van der Waals surface area (Å²) < 4.78 is 0. The number of nitrogens with zero attached hydrogens (tertiary/aromatic N) is 2. The Morgan fingerprint density at radius 1 is 1.43 bits per heavy atom. The summed E-state index contributed by atoms with van der Waals surface area (Å²) in [4.78, 5) is 18.0. The fourth-order valence-electron chi connectivity index (χ4n) is 0.832. The van der Waals surface area contributed by atoms with E-state index in [0.717, 1.165) is 0 Å². The van der Waals surface area contributed by atoms with Gasteiger partial charge in [-0.1, -0.05) is 36.9 Å². The van der Waals surface area contributed by atoms with E-state index in [1.807, 2.05) is 6.07 Å². The van der Waals surface area contributed by atoms with Gasteiger partial charge in [0.05, 0.1) is 5.16 Å². The largest absolute Gasteiger partial charge is 0.357 e. The van der Waals surface area contributed by atoms with Gasteiger partial charge in [0.25, 0.3) is 0 Å². The highest BCUT2D eigenvalue weighted by atomic mass is 16.7. The van der Waals surface area contributed by atoms with Gasteiger partial charge >= 0.3 is 11.8 Å². The summed E-state index contributed by atoms with van der Waals surface area (Å²) in [6.45, 7) is 8.08. The maximum atomic E-state index is 10.5. The van der Waals surface area contributed by atoms with Crippen LogP contribution in [0.1, 0.15) is 12.5 Å². The molecule has 0 heterocycles. The third-order valence-corrected chi connectivity index (χ3v) is 1.40. The molecule has 14 heavy (non-hydrogen) atoms. The number of carbonyl (C=O) groups excluding carboxylic acids is 1. The average molecular weight is 188 g/mol. The SMILES string of the molecule is [C-]#[N+]C(=NOC(C)=O)c1ccccc1. The second-order valence-corrected chi connectivity index (χ2v) is 2.48. The van der Waals surface area contributed by atoms with Crippen LogP contribution in [0.15, 0.2) is 35.5 Å². The van der Waals surface area contributed by atoms with Gasteiger partial charge < -0.3 is 4.85 Å². The lowest BCUT2D eigenvalue weighted by molar-refractivity contribution is -0.140. The predicted molar refractivity (Wildman–Crippen MR) is 51.3 cm³/mol. The minimum Gasteiger partial charge on any atom is -0.357 e. The zero-order chi connectivity index (χ0) is 10.4. The lowest BCUT2D eigenvalue weighted by Crippen LogP contribution is -1.98. The van der Waals surface area contributed by atoms with Gasteiger partial charge in [-0.25, -0.2) is 9.63 Å². The highest BCUT2D eigenvalue weighted by Crippen LogP contribution is 2.02. The maximum Gasteiger partial charge on any atom is 0.357 e. The third kappa shape index (κ3) is 2.72. The van der Waals surface area contributed by atoms with Crippen LogP contribution < -0.4 is 0 Å². The van der Waals surface area contributed by atoms with Gasteiger partial charge in [0.1, 0.15) is 0 Å². The Labute approximate surface area is 81.6 Å². The molecule has 70 valence electrons. The van der Waals surface area contributed by atoms with Crippen LogP contribution in [0.25, 0.3) is 4.85 Å². The van der Waals surface area contributed by atoms with Crippen LogP contribution in [0.5, 0.6) is 0 Å². The van der Waals surface area contributed by atoms with Gasteiger partial charge in [-0.3, -0.25) is 0 Å². The molecule has 0 saturated carbocycles. The molecular weight excluding hydrogens is 180 g/mol. The summed E-state index contributed by atoms with van der Waals surface area (Å²) in [5.41, 5.74) is 0.628. The van der Waals surface area contributed by atoms with Crippen LogP contribution in [0.4, 0.5) is 0 Å². The summed E-state index contributed by atoms with van der Waals surface area (Å²) in [5.74, 6) is -0.470. The molecule has 0 aliphatic heterocycles. The van der Waals surface area contributed by atoms with E-state index in [4.69, 9.17) is 6.57 Å². The van der Waals surface area contributed by atoms with Crippen molar-refractivity contribution in [1.82, 2.24) is 0 Å². The van der Waals surface area contributed by atoms with Gasteiger partial charge in [-0.2, -0.15) is 0 Å². The number of benzene rings is 1. The fourth-order valence-corrected chi connectivity index (χ4v) is 0.832. The molecule has 0 atom stereocenters. The monoisotopic (exact) mass is 188 g/mol. The number of rotatable bonds is 2. The summed E-state index contributed by atoms with van der Waals surface area (Å²) in [5, 5.41) is 3.42. The smallest absolute Gasteiger partial charge is 0.357 e. The fraction of sp³-hybridized carbons (Fsp3) is 0.100. The van der Waals surface area contributed by atoms with Crippen LogP contribution in [0, 0.1) is 6.57 Å². The first kappa shape index (κ1) is 9.93. The van der Waals surface area contributed by atoms with Gasteiger partial charge in [0.15, 0.2) is 0 Å². The molecule has 0 fully saturated rings. The van der Waals surface area contributed by atoms with Crippen molar-refractivity contribution in [1.29, 1.82) is 0 Å². The number of hydrogen-bond donors (Lipinski definition) is 0. The van der Waals surface area contributed by atoms with E-state index in [0.29, 0.717) is 5.56 Å². The molecule has 4 heteroatoms. The Balaban J connectivity index is 2.89. The molecule has 0 N–H and O–H groups in total. The highest BCUT2D eigenvalue weighted by Gasteiger charge is 2.04. The molecule has 0 spiro atoms. The molecule has 4 nitrogen and oxygen atoms in total. The van der Waals surface area contributed by atoms with Crippen molar-refractivity contribution in [3.8, 4) is 0 Å². The molecule has 0 aliphatic carbocycles. The van der Waals surface area contributed by atoms with Crippen molar-refractivity contribution in [2.45, 2.75) is 6.92 Å². The Kier molecular flexibility index (Phi) is 3.39. The van der Waals surface area contributed by atoms with Crippen molar-refractivity contribution in [3.63, 3.8) is 0 Å². The zero-order valence-electron chi connectivity index (χ0n) is 7.60. The first-order valence-corrected chi connectivity index (χ1v) is 3.92. The summed E-state index contributed by atoms with van der Waals surface area (Å²) in [6, 6.07) is 8.84. The first-order chi connectivity index (χ1) is 6.74. The number of hydrogen-bond acceptors (Lipinski definition) is 3. The minimum atomic E-state index is -0.540. The van der Waals surface area contributed by atoms with Gasteiger partial charge in [-0.15, -0.1) is 0 Å². The molecule has 0 radical (unpaired) electrons. The second kappa shape index (κ2) is 4.77. The Morgan fingerprint density at radius 3 is 2.57 bits per heavy atom. The van der Waals surface area contributed by atoms with Gasteiger partial charge in [0, 0.05) is 12.5 Å². The third-order valence-electron chi connectivity index (χ3n) is 1.40. The second-order valence-electron chi connectivity index (χ2n) is 2.48. The van der Waals surface area contributed by atoms with Crippen molar-refractivity contribution in [2.75, 3.05) is 0 Å². The van der Waals surface area contributed by atoms with E-state index in [1.54, 1.807) is 24.3 Å². The summed E-state index contributed by atoms with van der Waals surface area (Å²) in [6.07, 6.45) is 0. The minimum absolute atomic E-state index is 0.0702. The number of oxime groups is 1. The van der Waals surface area contributed by atoms with E-state index in [9.17, 15) is 4.79 Å². The molecule has 0 bridgehead atoms. The molecule has 1 aromatic rings. The average Bonchev–Trinajstić information content (AvgIpc) is 2.20. The van der Waals surface area contributed by atoms with Crippen molar-refractivity contribution < 1.29 is 9.63 Å². The van der Waals surface area contributed by atoms with Crippen LogP contribution in [-0.4, -0.2) is 11.8 Å². The normalized spacial score (nSPS) is 10.4. The van der Waals surface area contributed by atoms with E-state index in [-0.39, 0.29) is 5.84 Å². The molecular formula is C10H8N2O2. The molecule has 0 aliphatic rings. The lowest BCUT2D eigenvalue weighted by atomic mass is 10.2. The van der Waals surface area contributed by atoms with Gasteiger partial charge in [-0.05, 0) is 0 Å². The molecule has 0 amide bonds.